The van der Waals surface area contributed by atoms with Crippen LogP contribution in [-0.2, 0) is 0 Å². The first-order valence-electron chi connectivity index (χ1n) is 4.27. The average molecular weight is 237 g/mol. The number of rotatable bonds is 2. The SMILES string of the molecule is Nc1ccc(-c2ncc([N+](=O)[O-])s2)c(O)c1. The van der Waals surface area contributed by atoms with Crippen molar-refractivity contribution in [3.8, 4) is 16.3 Å². The van der Waals surface area contributed by atoms with Crippen molar-refractivity contribution in [3.05, 3.63) is 34.5 Å². The van der Waals surface area contributed by atoms with Crippen molar-refractivity contribution in [2.24, 2.45) is 0 Å². The summed E-state index contributed by atoms with van der Waals surface area (Å²) < 4.78 is 0. The number of hydrogen-bond acceptors (Lipinski definition) is 6. The highest BCUT2D eigenvalue weighted by atomic mass is 32.1. The summed E-state index contributed by atoms with van der Waals surface area (Å²) in [5.74, 6) is -0.0377. The molecule has 0 saturated heterocycles. The number of nitrogens with two attached hydrogens (primary N) is 1. The first kappa shape index (κ1) is 10.4. The number of nitrogen functional groups attached to an aromatic ring is 1. The summed E-state index contributed by atoms with van der Waals surface area (Å²) in [5.41, 5.74) is 6.33. The van der Waals surface area contributed by atoms with Gasteiger partial charge < -0.3 is 10.8 Å². The Balaban J connectivity index is 2.46. The highest BCUT2D eigenvalue weighted by Crippen LogP contribution is 2.35. The van der Waals surface area contributed by atoms with Gasteiger partial charge in [-0.15, -0.1) is 0 Å². The van der Waals surface area contributed by atoms with Crippen LogP contribution in [0, 0.1) is 10.1 Å². The summed E-state index contributed by atoms with van der Waals surface area (Å²) in [5, 5.41) is 20.4. The molecule has 0 fully saturated rings. The van der Waals surface area contributed by atoms with E-state index < -0.39 is 4.92 Å². The minimum atomic E-state index is -0.518. The van der Waals surface area contributed by atoms with Crippen LogP contribution in [0.3, 0.4) is 0 Å². The van der Waals surface area contributed by atoms with E-state index in [0.717, 1.165) is 17.5 Å². The van der Waals surface area contributed by atoms with Gasteiger partial charge in [0.05, 0.1) is 10.5 Å². The van der Waals surface area contributed by atoms with Crippen LogP contribution in [0.1, 0.15) is 0 Å². The molecule has 0 unspecified atom stereocenters. The van der Waals surface area contributed by atoms with Crippen LogP contribution in [0.25, 0.3) is 10.6 Å². The molecule has 6 nitrogen and oxygen atoms in total. The van der Waals surface area contributed by atoms with Gasteiger partial charge in [-0.05, 0) is 23.5 Å². The Labute approximate surface area is 94.1 Å². The van der Waals surface area contributed by atoms with Gasteiger partial charge in [-0.1, -0.05) is 0 Å². The lowest BCUT2D eigenvalue weighted by Gasteiger charge is -2.00. The molecule has 3 N–H and O–H groups in total. The van der Waals surface area contributed by atoms with E-state index in [2.05, 4.69) is 4.98 Å². The predicted octanol–water partition coefficient (Wildman–Crippen LogP) is 2.01. The smallest absolute Gasteiger partial charge is 0.344 e. The topological polar surface area (TPSA) is 102 Å². The van der Waals surface area contributed by atoms with Crippen LogP contribution in [0.2, 0.25) is 0 Å². The molecule has 7 heteroatoms. The van der Waals surface area contributed by atoms with E-state index >= 15 is 0 Å². The second-order valence-corrected chi connectivity index (χ2v) is 4.05. The number of nitro groups is 1. The molecule has 0 aliphatic rings. The van der Waals surface area contributed by atoms with Gasteiger partial charge in [0.2, 0.25) is 0 Å². The molecule has 0 bridgehead atoms. The maximum absolute atomic E-state index is 10.5. The third kappa shape index (κ3) is 1.80. The number of aromatic nitrogens is 1. The van der Waals surface area contributed by atoms with Crippen molar-refractivity contribution in [3.63, 3.8) is 0 Å². The summed E-state index contributed by atoms with van der Waals surface area (Å²) in [6.45, 7) is 0. The molecule has 2 rings (SSSR count). The summed E-state index contributed by atoms with van der Waals surface area (Å²) >= 11 is 0.903. The van der Waals surface area contributed by atoms with Crippen LogP contribution in [0.5, 0.6) is 5.75 Å². The number of benzene rings is 1. The van der Waals surface area contributed by atoms with Gasteiger partial charge in [-0.3, -0.25) is 10.1 Å². The molecule has 0 radical (unpaired) electrons. The van der Waals surface area contributed by atoms with Crippen molar-refractivity contribution in [2.45, 2.75) is 0 Å². The van der Waals surface area contributed by atoms with Crippen molar-refractivity contribution < 1.29 is 10.0 Å². The number of anilines is 1. The van der Waals surface area contributed by atoms with Crippen LogP contribution in [-0.4, -0.2) is 15.0 Å². The zero-order valence-corrected chi connectivity index (χ0v) is 8.77. The molecule has 82 valence electrons. The Kier molecular flexibility index (Phi) is 2.45. The minimum absolute atomic E-state index is 0.0377. The number of aromatic hydroxyl groups is 1. The summed E-state index contributed by atoms with van der Waals surface area (Å²) in [7, 11) is 0. The molecular weight excluding hydrogens is 230 g/mol. The Bertz CT molecular complexity index is 553. The fourth-order valence-corrected chi connectivity index (χ4v) is 1.97. The van der Waals surface area contributed by atoms with E-state index in [9.17, 15) is 15.2 Å². The quantitative estimate of drug-likeness (QED) is 0.472. The molecule has 16 heavy (non-hydrogen) atoms. The number of nitrogens with zero attached hydrogens (tertiary/aromatic N) is 2. The minimum Gasteiger partial charge on any atom is -0.507 e. The predicted molar refractivity (Wildman–Crippen MR) is 60.3 cm³/mol. The lowest BCUT2D eigenvalue weighted by molar-refractivity contribution is -0.380. The molecule has 0 atom stereocenters. The molecule has 0 aliphatic heterocycles. The van der Waals surface area contributed by atoms with Crippen molar-refractivity contribution in [2.75, 3.05) is 5.73 Å². The van der Waals surface area contributed by atoms with E-state index in [4.69, 9.17) is 5.73 Å². The molecule has 1 aromatic carbocycles. The van der Waals surface area contributed by atoms with Gasteiger partial charge in [0.1, 0.15) is 17.0 Å². The largest absolute Gasteiger partial charge is 0.507 e. The van der Waals surface area contributed by atoms with E-state index in [0.29, 0.717) is 16.3 Å². The number of phenols is 1. The van der Waals surface area contributed by atoms with Crippen LogP contribution < -0.4 is 5.73 Å². The van der Waals surface area contributed by atoms with E-state index in [-0.39, 0.29) is 10.8 Å². The Morgan fingerprint density at radius 2 is 2.25 bits per heavy atom. The Hall–Kier alpha value is -2.15. The summed E-state index contributed by atoms with van der Waals surface area (Å²) in [6.07, 6.45) is 1.16. The standard InChI is InChI=1S/C9H7N3O3S/c10-5-1-2-6(7(13)3-5)9-11-4-8(16-9)12(14)15/h1-4,13H,10H2. The molecule has 0 spiro atoms. The zero-order chi connectivity index (χ0) is 11.7. The third-order valence-corrected chi connectivity index (χ3v) is 2.91. The third-order valence-electron chi connectivity index (χ3n) is 1.93. The van der Waals surface area contributed by atoms with Gasteiger partial charge in [0.15, 0.2) is 0 Å². The van der Waals surface area contributed by atoms with Gasteiger partial charge in [-0.25, -0.2) is 4.98 Å². The molecular formula is C9H7N3O3S. The maximum Gasteiger partial charge on any atom is 0.344 e. The van der Waals surface area contributed by atoms with Crippen LogP contribution in [0.15, 0.2) is 24.4 Å². The van der Waals surface area contributed by atoms with Crippen molar-refractivity contribution in [1.29, 1.82) is 0 Å². The normalized spacial score (nSPS) is 10.2. The first-order valence-corrected chi connectivity index (χ1v) is 5.08. The summed E-state index contributed by atoms with van der Waals surface area (Å²) in [4.78, 5) is 13.8. The number of hydrogen-bond donors (Lipinski definition) is 2. The lowest BCUT2D eigenvalue weighted by Crippen LogP contribution is -1.84. The van der Waals surface area contributed by atoms with Crippen LogP contribution in [0.4, 0.5) is 10.7 Å². The van der Waals surface area contributed by atoms with Crippen molar-refractivity contribution >= 4 is 22.0 Å². The van der Waals surface area contributed by atoms with E-state index in [1.165, 1.54) is 6.07 Å². The number of phenolic OH excluding ortho intramolecular Hbond substituents is 1. The van der Waals surface area contributed by atoms with Gasteiger partial charge in [0.25, 0.3) is 0 Å². The maximum atomic E-state index is 10.5. The molecule has 2 aromatic rings. The fraction of sp³-hybridized carbons (Fsp3) is 0. The molecule has 0 aliphatic carbocycles. The van der Waals surface area contributed by atoms with Gasteiger partial charge in [0, 0.05) is 11.8 Å². The molecule has 0 amide bonds. The van der Waals surface area contributed by atoms with Crippen LogP contribution >= 0.6 is 11.3 Å². The molecule has 1 aromatic heterocycles. The zero-order valence-electron chi connectivity index (χ0n) is 7.95. The second kappa shape index (κ2) is 3.78. The lowest BCUT2D eigenvalue weighted by atomic mass is 10.2. The summed E-state index contributed by atoms with van der Waals surface area (Å²) in [6, 6.07) is 4.55. The van der Waals surface area contributed by atoms with E-state index in [1.807, 2.05) is 0 Å². The Morgan fingerprint density at radius 3 is 2.81 bits per heavy atom. The number of thiazole rings is 1. The first-order chi connectivity index (χ1) is 7.58. The highest BCUT2D eigenvalue weighted by molar-refractivity contribution is 7.18. The van der Waals surface area contributed by atoms with Gasteiger partial charge >= 0.3 is 5.00 Å². The monoisotopic (exact) mass is 237 g/mol. The average Bonchev–Trinajstić information content (AvgIpc) is 2.66. The van der Waals surface area contributed by atoms with E-state index in [1.54, 1.807) is 12.1 Å². The molecule has 1 heterocycles. The highest BCUT2D eigenvalue weighted by Gasteiger charge is 2.15. The fourth-order valence-electron chi connectivity index (χ4n) is 1.20. The second-order valence-electron chi connectivity index (χ2n) is 3.04. The van der Waals surface area contributed by atoms with Gasteiger partial charge in [-0.2, -0.15) is 0 Å². The molecule has 0 saturated carbocycles. The van der Waals surface area contributed by atoms with Crippen molar-refractivity contribution in [1.82, 2.24) is 4.98 Å². The Morgan fingerprint density at radius 1 is 1.50 bits per heavy atom.